The van der Waals surface area contributed by atoms with E-state index in [1.807, 2.05) is 50.2 Å². The molecule has 0 aliphatic rings. The summed E-state index contributed by atoms with van der Waals surface area (Å²) < 4.78 is 34.6. The largest absolute Gasteiger partial charge is 0.497 e. The van der Waals surface area contributed by atoms with Crippen molar-refractivity contribution in [2.45, 2.75) is 37.8 Å². The number of ether oxygens (including phenoxy) is 1. The molecule has 0 heterocycles. The number of hydrogen-bond donors (Lipinski definition) is 1. The number of carbonyl (C=O) groups is 2. The maximum Gasteiger partial charge on any atom is 0.264 e. The van der Waals surface area contributed by atoms with Gasteiger partial charge in [-0.25, -0.2) is 8.42 Å². The minimum Gasteiger partial charge on any atom is -0.497 e. The van der Waals surface area contributed by atoms with Gasteiger partial charge in [0.25, 0.3) is 10.0 Å². The zero-order chi connectivity index (χ0) is 33.3. The number of nitrogens with one attached hydrogen (secondary N) is 1. The Bertz CT molecular complexity index is 1740. The highest BCUT2D eigenvalue weighted by Crippen LogP contribution is 2.31. The molecule has 0 aliphatic heterocycles. The molecule has 4 aromatic rings. The summed E-state index contributed by atoms with van der Waals surface area (Å²) in [5.74, 6) is -0.183. The molecular weight excluding hydrogens is 645 g/mol. The molecule has 0 aromatic heterocycles. The third-order valence-electron chi connectivity index (χ3n) is 7.24. The zero-order valence-corrected chi connectivity index (χ0v) is 28.2. The summed E-state index contributed by atoms with van der Waals surface area (Å²) >= 11 is 12.5. The van der Waals surface area contributed by atoms with Crippen LogP contribution >= 0.6 is 23.2 Å². The van der Waals surface area contributed by atoms with Crippen molar-refractivity contribution < 1.29 is 22.7 Å². The molecule has 4 aromatic carbocycles. The van der Waals surface area contributed by atoms with Gasteiger partial charge in [-0.1, -0.05) is 97.7 Å². The quantitative estimate of drug-likeness (QED) is 0.162. The molecule has 0 aliphatic carbocycles. The number of amides is 2. The minimum atomic E-state index is -4.26. The lowest BCUT2D eigenvalue weighted by molar-refractivity contribution is -0.140. The first kappa shape index (κ1) is 34.8. The Morgan fingerprint density at radius 2 is 1.48 bits per heavy atom. The van der Waals surface area contributed by atoms with Crippen molar-refractivity contribution >= 4 is 50.7 Å². The number of sulfonamides is 1. The lowest BCUT2D eigenvalue weighted by atomic mass is 10.0. The molecule has 0 bridgehead atoms. The van der Waals surface area contributed by atoms with E-state index in [1.54, 1.807) is 43.5 Å². The predicted octanol–water partition coefficient (Wildman–Crippen LogP) is 6.61. The molecule has 8 nitrogen and oxygen atoms in total. The summed E-state index contributed by atoms with van der Waals surface area (Å²) in [4.78, 5) is 29.8. The molecule has 2 amide bonds. The van der Waals surface area contributed by atoms with E-state index in [-0.39, 0.29) is 45.4 Å². The SMILES string of the molecule is COc1cccc(CN(C(=O)CN(c2ccc(Cl)c(Cl)c2)S(=O)(=O)c2ccccc2)[C@@H](Cc2ccccc2)C(=O)NCC(C)C)c1. The molecule has 0 radical (unpaired) electrons. The lowest BCUT2D eigenvalue weighted by Crippen LogP contribution is -2.53. The predicted molar refractivity (Wildman–Crippen MR) is 183 cm³/mol. The fourth-order valence-electron chi connectivity index (χ4n) is 4.83. The monoisotopic (exact) mass is 681 g/mol. The van der Waals surface area contributed by atoms with Crippen LogP contribution in [0.3, 0.4) is 0 Å². The zero-order valence-electron chi connectivity index (χ0n) is 25.9. The fourth-order valence-corrected chi connectivity index (χ4v) is 6.55. The van der Waals surface area contributed by atoms with Crippen LogP contribution in [0.25, 0.3) is 0 Å². The molecule has 242 valence electrons. The normalized spacial score (nSPS) is 12.0. The second-order valence-corrected chi connectivity index (χ2v) is 13.8. The number of halogens is 2. The maximum absolute atomic E-state index is 14.5. The van der Waals surface area contributed by atoms with Gasteiger partial charge in [-0.05, 0) is 59.5 Å². The summed E-state index contributed by atoms with van der Waals surface area (Å²) in [5, 5.41) is 3.34. The van der Waals surface area contributed by atoms with Gasteiger partial charge in [0.2, 0.25) is 11.8 Å². The molecule has 11 heteroatoms. The van der Waals surface area contributed by atoms with Crippen LogP contribution in [0.4, 0.5) is 5.69 Å². The molecule has 46 heavy (non-hydrogen) atoms. The number of hydrogen-bond acceptors (Lipinski definition) is 5. The number of anilines is 1. The van der Waals surface area contributed by atoms with Gasteiger partial charge in [0.05, 0.1) is 27.7 Å². The molecular formula is C35H37Cl2N3O5S. The van der Waals surface area contributed by atoms with Crippen LogP contribution in [0.5, 0.6) is 5.75 Å². The van der Waals surface area contributed by atoms with Gasteiger partial charge in [-0.2, -0.15) is 0 Å². The Balaban J connectivity index is 1.82. The first-order valence-corrected chi connectivity index (χ1v) is 17.0. The third-order valence-corrected chi connectivity index (χ3v) is 9.77. The molecule has 0 saturated carbocycles. The van der Waals surface area contributed by atoms with Crippen LogP contribution in [0.1, 0.15) is 25.0 Å². The van der Waals surface area contributed by atoms with Crippen molar-refractivity contribution in [1.29, 1.82) is 0 Å². The number of methoxy groups -OCH3 is 1. The molecule has 0 saturated heterocycles. The Hall–Kier alpha value is -4.05. The molecule has 0 fully saturated rings. The van der Waals surface area contributed by atoms with Crippen LogP contribution in [-0.4, -0.2) is 51.4 Å². The standard InChI is InChI=1S/C35H37Cl2N3O5S/c1-25(2)22-38-35(42)33(20-26-11-6-4-7-12-26)39(23-27-13-10-14-29(19-27)45-3)34(41)24-40(28-17-18-31(36)32(37)21-28)46(43,44)30-15-8-5-9-16-30/h4-19,21,25,33H,20,22-24H2,1-3H3,(H,38,42)/t33-/m0/s1. The molecule has 0 spiro atoms. The Kier molecular flexibility index (Phi) is 12.1. The van der Waals surface area contributed by atoms with E-state index in [4.69, 9.17) is 27.9 Å². The summed E-state index contributed by atoms with van der Waals surface area (Å²) in [5.41, 5.74) is 1.69. The molecule has 4 rings (SSSR count). The van der Waals surface area contributed by atoms with Gasteiger partial charge in [-0.15, -0.1) is 0 Å². The minimum absolute atomic E-state index is 0.0104. The van der Waals surface area contributed by atoms with Crippen LogP contribution in [0.2, 0.25) is 10.0 Å². The highest BCUT2D eigenvalue weighted by atomic mass is 35.5. The lowest BCUT2D eigenvalue weighted by Gasteiger charge is -2.34. The Labute approximate surface area is 280 Å². The van der Waals surface area contributed by atoms with Gasteiger partial charge in [0.15, 0.2) is 0 Å². The number of benzene rings is 4. The third kappa shape index (κ3) is 9.02. The number of carbonyl (C=O) groups excluding carboxylic acids is 2. The van der Waals surface area contributed by atoms with Gasteiger partial charge < -0.3 is 15.0 Å². The fraction of sp³-hybridized carbons (Fsp3) is 0.257. The van der Waals surface area contributed by atoms with Crippen molar-refractivity contribution in [3.8, 4) is 5.75 Å². The van der Waals surface area contributed by atoms with Crippen LogP contribution < -0.4 is 14.4 Å². The average Bonchev–Trinajstić information content (AvgIpc) is 3.06. The highest BCUT2D eigenvalue weighted by molar-refractivity contribution is 7.92. The van der Waals surface area contributed by atoms with Crippen molar-refractivity contribution in [3.63, 3.8) is 0 Å². The summed E-state index contributed by atoms with van der Waals surface area (Å²) in [6, 6.07) is 27.8. The number of nitrogens with zero attached hydrogens (tertiary/aromatic N) is 2. The van der Waals surface area contributed by atoms with E-state index in [9.17, 15) is 18.0 Å². The van der Waals surface area contributed by atoms with E-state index < -0.39 is 28.5 Å². The summed E-state index contributed by atoms with van der Waals surface area (Å²) in [7, 11) is -2.71. The second-order valence-electron chi connectivity index (χ2n) is 11.1. The number of rotatable bonds is 14. The van der Waals surface area contributed by atoms with Crippen molar-refractivity contribution in [2.24, 2.45) is 5.92 Å². The van der Waals surface area contributed by atoms with E-state index in [0.717, 1.165) is 9.87 Å². The summed E-state index contributed by atoms with van der Waals surface area (Å²) in [6.07, 6.45) is 0.207. The van der Waals surface area contributed by atoms with Crippen LogP contribution in [-0.2, 0) is 32.6 Å². The van der Waals surface area contributed by atoms with Crippen molar-refractivity contribution in [1.82, 2.24) is 10.2 Å². The van der Waals surface area contributed by atoms with E-state index >= 15 is 0 Å². The van der Waals surface area contributed by atoms with E-state index in [1.165, 1.54) is 35.2 Å². The first-order chi connectivity index (χ1) is 22.0. The summed E-state index contributed by atoms with van der Waals surface area (Å²) in [6.45, 7) is 3.78. The molecule has 1 atom stereocenters. The molecule has 0 unspecified atom stereocenters. The smallest absolute Gasteiger partial charge is 0.264 e. The van der Waals surface area contributed by atoms with E-state index in [0.29, 0.717) is 17.9 Å². The van der Waals surface area contributed by atoms with Gasteiger partial charge >= 0.3 is 0 Å². The molecule has 1 N–H and O–H groups in total. The topological polar surface area (TPSA) is 96.0 Å². The maximum atomic E-state index is 14.5. The van der Waals surface area contributed by atoms with Gasteiger partial charge in [0.1, 0.15) is 18.3 Å². The van der Waals surface area contributed by atoms with Crippen LogP contribution in [0, 0.1) is 5.92 Å². The Morgan fingerprint density at radius 1 is 0.826 bits per heavy atom. The van der Waals surface area contributed by atoms with E-state index in [2.05, 4.69) is 5.32 Å². The highest BCUT2D eigenvalue weighted by Gasteiger charge is 2.35. The Morgan fingerprint density at radius 3 is 2.11 bits per heavy atom. The van der Waals surface area contributed by atoms with Crippen molar-refractivity contribution in [2.75, 3.05) is 24.5 Å². The van der Waals surface area contributed by atoms with Crippen molar-refractivity contribution in [3.05, 3.63) is 124 Å². The average molecular weight is 683 g/mol. The van der Waals surface area contributed by atoms with Crippen LogP contribution in [0.15, 0.2) is 108 Å². The first-order valence-electron chi connectivity index (χ1n) is 14.8. The second kappa shape index (κ2) is 16.0. The van der Waals surface area contributed by atoms with Gasteiger partial charge in [0, 0.05) is 19.5 Å². The van der Waals surface area contributed by atoms with Gasteiger partial charge in [-0.3, -0.25) is 13.9 Å².